The van der Waals surface area contributed by atoms with Gasteiger partial charge in [0.05, 0.1) is 12.1 Å². The van der Waals surface area contributed by atoms with E-state index < -0.39 is 11.7 Å². The van der Waals surface area contributed by atoms with Gasteiger partial charge in [0, 0.05) is 26.3 Å². The van der Waals surface area contributed by atoms with Gasteiger partial charge < -0.3 is 10.2 Å². The highest BCUT2D eigenvalue weighted by molar-refractivity contribution is 14.0. The van der Waals surface area contributed by atoms with Crippen molar-refractivity contribution in [3.05, 3.63) is 29.7 Å². The first-order valence-electron chi connectivity index (χ1n) is 9.14. The molecule has 10 heteroatoms. The number of likely N-dealkylation sites (tertiary alicyclic amines) is 1. The molecule has 0 aromatic carbocycles. The van der Waals surface area contributed by atoms with Gasteiger partial charge in [-0.1, -0.05) is 13.8 Å². The Morgan fingerprint density at radius 2 is 2.07 bits per heavy atom. The first-order valence-corrected chi connectivity index (χ1v) is 9.14. The van der Waals surface area contributed by atoms with E-state index in [1.807, 2.05) is 0 Å². The lowest BCUT2D eigenvalue weighted by atomic mass is 9.97. The van der Waals surface area contributed by atoms with E-state index in [9.17, 15) is 13.2 Å². The molecule has 0 amide bonds. The molecule has 6 nitrogen and oxygen atoms in total. The van der Waals surface area contributed by atoms with Crippen LogP contribution < -0.4 is 5.32 Å². The number of rotatable bonds is 4. The van der Waals surface area contributed by atoms with E-state index in [-0.39, 0.29) is 30.5 Å². The lowest BCUT2D eigenvalue weighted by Crippen LogP contribution is -2.40. The molecule has 2 aromatic rings. The SMILES string of the molecule is CN=C(NCc1nnc2ccc(C(F)(F)F)cn12)N1CCC(CC(C)C)C1.I. The van der Waals surface area contributed by atoms with Crippen molar-refractivity contribution in [3.8, 4) is 0 Å². The van der Waals surface area contributed by atoms with Crippen LogP contribution in [0.1, 0.15) is 38.1 Å². The number of guanidine groups is 1. The number of aliphatic imine (C=N–C) groups is 1. The molecule has 3 heterocycles. The maximum Gasteiger partial charge on any atom is 0.417 e. The monoisotopic (exact) mass is 510 g/mol. The summed E-state index contributed by atoms with van der Waals surface area (Å²) in [6.45, 7) is 6.57. The molecule has 0 bridgehead atoms. The average Bonchev–Trinajstić information content (AvgIpc) is 3.21. The van der Waals surface area contributed by atoms with Crippen LogP contribution in [0, 0.1) is 11.8 Å². The fourth-order valence-corrected chi connectivity index (χ4v) is 3.60. The lowest BCUT2D eigenvalue weighted by molar-refractivity contribution is -0.137. The van der Waals surface area contributed by atoms with Crippen molar-refractivity contribution in [1.29, 1.82) is 0 Å². The number of alkyl halides is 3. The molecule has 1 saturated heterocycles. The van der Waals surface area contributed by atoms with Crippen LogP contribution in [0.2, 0.25) is 0 Å². The summed E-state index contributed by atoms with van der Waals surface area (Å²) < 4.78 is 40.2. The van der Waals surface area contributed by atoms with Crippen LogP contribution in [0.15, 0.2) is 23.3 Å². The number of hydrogen-bond donors (Lipinski definition) is 1. The minimum absolute atomic E-state index is 0. The van der Waals surface area contributed by atoms with Crippen molar-refractivity contribution in [2.75, 3.05) is 20.1 Å². The molecule has 0 saturated carbocycles. The third-order valence-electron chi connectivity index (χ3n) is 4.81. The van der Waals surface area contributed by atoms with Crippen LogP contribution >= 0.6 is 24.0 Å². The topological polar surface area (TPSA) is 57.8 Å². The second kappa shape index (κ2) is 9.27. The number of pyridine rings is 1. The van der Waals surface area contributed by atoms with E-state index in [2.05, 4.69) is 39.3 Å². The summed E-state index contributed by atoms with van der Waals surface area (Å²) in [5.74, 6) is 2.46. The van der Waals surface area contributed by atoms with Gasteiger partial charge in [0.25, 0.3) is 0 Å². The predicted octanol–water partition coefficient (Wildman–Crippen LogP) is 3.81. The molecule has 1 aliphatic rings. The average molecular weight is 510 g/mol. The van der Waals surface area contributed by atoms with Crippen LogP contribution in [0.5, 0.6) is 0 Å². The molecule has 3 rings (SSSR count). The van der Waals surface area contributed by atoms with E-state index >= 15 is 0 Å². The number of halogens is 4. The highest BCUT2D eigenvalue weighted by Gasteiger charge is 2.31. The zero-order valence-corrected chi connectivity index (χ0v) is 18.5. The molecule has 1 fully saturated rings. The molecule has 1 aliphatic heterocycles. The van der Waals surface area contributed by atoms with E-state index in [0.717, 1.165) is 37.7 Å². The minimum Gasteiger partial charge on any atom is -0.349 e. The third-order valence-corrected chi connectivity index (χ3v) is 4.81. The third kappa shape index (κ3) is 5.26. The first kappa shape index (κ1) is 22.7. The lowest BCUT2D eigenvalue weighted by Gasteiger charge is -2.21. The fraction of sp³-hybridized carbons (Fsp3) is 0.611. The molecule has 156 valence electrons. The zero-order valence-electron chi connectivity index (χ0n) is 16.2. The van der Waals surface area contributed by atoms with Crippen LogP contribution in [-0.2, 0) is 12.7 Å². The van der Waals surface area contributed by atoms with Crippen LogP contribution in [0.3, 0.4) is 0 Å². The molecule has 1 N–H and O–H groups in total. The molecule has 1 unspecified atom stereocenters. The van der Waals surface area contributed by atoms with Crippen LogP contribution in [0.4, 0.5) is 13.2 Å². The summed E-state index contributed by atoms with van der Waals surface area (Å²) in [4.78, 5) is 6.51. The Balaban J connectivity index is 0.00000280. The summed E-state index contributed by atoms with van der Waals surface area (Å²) in [6, 6.07) is 2.34. The van der Waals surface area contributed by atoms with Gasteiger partial charge in [0.15, 0.2) is 17.4 Å². The molecule has 28 heavy (non-hydrogen) atoms. The van der Waals surface area contributed by atoms with Gasteiger partial charge in [-0.25, -0.2) is 0 Å². The van der Waals surface area contributed by atoms with Crippen molar-refractivity contribution in [2.24, 2.45) is 16.8 Å². The van der Waals surface area contributed by atoms with Crippen molar-refractivity contribution >= 4 is 35.6 Å². The number of aromatic nitrogens is 3. The minimum atomic E-state index is -4.40. The van der Waals surface area contributed by atoms with Gasteiger partial charge in [-0.2, -0.15) is 13.2 Å². The van der Waals surface area contributed by atoms with Gasteiger partial charge in [0.1, 0.15) is 0 Å². The zero-order chi connectivity index (χ0) is 19.6. The molecule has 1 atom stereocenters. The molecule has 2 aromatic heterocycles. The Hall–Kier alpha value is -1.59. The highest BCUT2D eigenvalue weighted by atomic mass is 127. The van der Waals surface area contributed by atoms with Crippen molar-refractivity contribution in [2.45, 2.75) is 39.4 Å². The van der Waals surface area contributed by atoms with Crippen molar-refractivity contribution in [3.63, 3.8) is 0 Å². The van der Waals surface area contributed by atoms with E-state index in [0.29, 0.717) is 23.3 Å². The fourth-order valence-electron chi connectivity index (χ4n) is 3.60. The standard InChI is InChI=1S/C18H25F3N6.HI/c1-12(2)8-13-6-7-26(10-13)17(22-3)23-9-16-25-24-15-5-4-14(11-27(15)16)18(19,20)21;/h4-5,11-13H,6-10H2,1-3H3,(H,22,23);1H. The quantitative estimate of drug-likeness (QED) is 0.386. The number of nitrogens with zero attached hydrogens (tertiary/aromatic N) is 5. The maximum absolute atomic E-state index is 13.0. The predicted molar refractivity (Wildman–Crippen MR) is 113 cm³/mol. The Labute approximate surface area is 179 Å². The molecular formula is C18H26F3IN6. The summed E-state index contributed by atoms with van der Waals surface area (Å²) in [5.41, 5.74) is -0.343. The summed E-state index contributed by atoms with van der Waals surface area (Å²) in [6.07, 6.45) is -1.06. The van der Waals surface area contributed by atoms with E-state index in [4.69, 9.17) is 0 Å². The van der Waals surface area contributed by atoms with Crippen molar-refractivity contribution < 1.29 is 13.2 Å². The largest absolute Gasteiger partial charge is 0.417 e. The van der Waals surface area contributed by atoms with Gasteiger partial charge in [-0.15, -0.1) is 34.2 Å². The van der Waals surface area contributed by atoms with Gasteiger partial charge in [-0.3, -0.25) is 9.39 Å². The highest BCUT2D eigenvalue weighted by Crippen LogP contribution is 2.29. The van der Waals surface area contributed by atoms with Crippen molar-refractivity contribution in [1.82, 2.24) is 24.8 Å². The Bertz CT molecular complexity index is 817. The van der Waals surface area contributed by atoms with Crippen LogP contribution in [0.25, 0.3) is 5.65 Å². The van der Waals surface area contributed by atoms with E-state index in [1.165, 1.54) is 16.9 Å². The number of hydrogen-bond acceptors (Lipinski definition) is 3. The second-order valence-corrected chi connectivity index (χ2v) is 7.39. The molecule has 0 aliphatic carbocycles. The number of fused-ring (bicyclic) bond motifs is 1. The van der Waals surface area contributed by atoms with Gasteiger partial charge >= 0.3 is 6.18 Å². The second-order valence-electron chi connectivity index (χ2n) is 7.39. The summed E-state index contributed by atoms with van der Waals surface area (Å²) >= 11 is 0. The van der Waals surface area contributed by atoms with E-state index in [1.54, 1.807) is 7.05 Å². The Kier molecular flexibility index (Phi) is 7.52. The first-order chi connectivity index (χ1) is 12.8. The van der Waals surface area contributed by atoms with Gasteiger partial charge in [-0.05, 0) is 36.8 Å². The summed E-state index contributed by atoms with van der Waals surface area (Å²) in [7, 11) is 1.71. The molecule has 0 spiro atoms. The summed E-state index contributed by atoms with van der Waals surface area (Å²) in [5, 5.41) is 11.2. The van der Waals surface area contributed by atoms with Gasteiger partial charge in [0.2, 0.25) is 0 Å². The maximum atomic E-state index is 13.0. The Morgan fingerprint density at radius 1 is 1.32 bits per heavy atom. The normalized spacial score (nSPS) is 18.0. The number of nitrogens with one attached hydrogen (secondary N) is 1. The van der Waals surface area contributed by atoms with Crippen LogP contribution in [-0.4, -0.2) is 45.6 Å². The molecular weight excluding hydrogens is 484 g/mol. The molecule has 0 radical (unpaired) electrons. The Morgan fingerprint density at radius 3 is 2.71 bits per heavy atom. The smallest absolute Gasteiger partial charge is 0.349 e.